The number of rotatable bonds is 4. The van der Waals surface area contributed by atoms with Crippen LogP contribution in [0.15, 0.2) is 49.3 Å². The molecule has 3 aromatic rings. The van der Waals surface area contributed by atoms with Gasteiger partial charge in [-0.05, 0) is 18.2 Å². The highest BCUT2D eigenvalue weighted by atomic mass is 35.5. The number of amides is 1. The summed E-state index contributed by atoms with van der Waals surface area (Å²) >= 11 is 5.99. The molecule has 0 fully saturated rings. The lowest BCUT2D eigenvalue weighted by molar-refractivity contribution is 0.0685. The number of carbonyl (C=O) groups excluding carboxylic acids is 1. The van der Waals surface area contributed by atoms with Gasteiger partial charge in [0.25, 0.3) is 5.91 Å². The number of hydrogen-bond acceptors (Lipinski definition) is 5. The maximum absolute atomic E-state index is 12.4. The van der Waals surface area contributed by atoms with Gasteiger partial charge in [-0.25, -0.2) is 19.7 Å². The molecule has 1 amide bonds. The van der Waals surface area contributed by atoms with Crippen LogP contribution in [0, 0.1) is 0 Å². The summed E-state index contributed by atoms with van der Waals surface area (Å²) in [5.74, 6) is -2.04. The third-order valence-electron chi connectivity index (χ3n) is 3.11. The van der Waals surface area contributed by atoms with Gasteiger partial charge in [-0.2, -0.15) is 0 Å². The van der Waals surface area contributed by atoms with Gasteiger partial charge < -0.3 is 15.0 Å². The number of aromatic carboxylic acids is 1. The van der Waals surface area contributed by atoms with Gasteiger partial charge in [0.05, 0.1) is 17.7 Å². The number of benzene rings is 1. The van der Waals surface area contributed by atoms with Crippen molar-refractivity contribution in [2.45, 2.75) is 0 Å². The van der Waals surface area contributed by atoms with Crippen LogP contribution in [0.25, 0.3) is 5.69 Å². The third-order valence-corrected chi connectivity index (χ3v) is 3.34. The number of imidazole rings is 1. The van der Waals surface area contributed by atoms with Crippen LogP contribution in [0.4, 0.5) is 5.69 Å². The Morgan fingerprint density at radius 1 is 1.12 bits per heavy atom. The minimum absolute atomic E-state index is 0.290. The van der Waals surface area contributed by atoms with Crippen molar-refractivity contribution in [3.63, 3.8) is 0 Å². The third kappa shape index (κ3) is 3.08. The molecule has 9 heteroatoms. The van der Waals surface area contributed by atoms with E-state index in [1.165, 1.54) is 12.4 Å². The van der Waals surface area contributed by atoms with Crippen molar-refractivity contribution in [1.82, 2.24) is 19.5 Å². The predicted molar refractivity (Wildman–Crippen MR) is 85.5 cm³/mol. The van der Waals surface area contributed by atoms with Crippen molar-refractivity contribution in [3.8, 4) is 5.69 Å². The van der Waals surface area contributed by atoms with Crippen molar-refractivity contribution in [2.24, 2.45) is 0 Å². The van der Waals surface area contributed by atoms with E-state index in [1.54, 1.807) is 41.5 Å². The Balaban J connectivity index is 1.99. The molecule has 0 atom stereocenters. The molecule has 24 heavy (non-hydrogen) atoms. The van der Waals surface area contributed by atoms with Crippen LogP contribution in [0.1, 0.15) is 21.0 Å². The van der Waals surface area contributed by atoms with Gasteiger partial charge in [-0.1, -0.05) is 11.6 Å². The Morgan fingerprint density at radius 3 is 2.54 bits per heavy atom. The summed E-state index contributed by atoms with van der Waals surface area (Å²) in [4.78, 5) is 35.0. The number of carbonyl (C=O) groups is 2. The lowest BCUT2D eigenvalue weighted by Gasteiger charge is -2.12. The fourth-order valence-corrected chi connectivity index (χ4v) is 2.25. The largest absolute Gasteiger partial charge is 0.476 e. The van der Waals surface area contributed by atoms with Crippen LogP contribution in [0.2, 0.25) is 5.02 Å². The second kappa shape index (κ2) is 6.47. The van der Waals surface area contributed by atoms with Crippen LogP contribution >= 0.6 is 11.6 Å². The van der Waals surface area contributed by atoms with E-state index in [0.717, 1.165) is 0 Å². The minimum Gasteiger partial charge on any atom is -0.476 e. The van der Waals surface area contributed by atoms with Gasteiger partial charge in [0.2, 0.25) is 0 Å². The number of nitrogens with one attached hydrogen (secondary N) is 1. The molecule has 0 saturated carbocycles. The molecule has 0 aliphatic heterocycles. The molecule has 2 aromatic heterocycles. The zero-order valence-corrected chi connectivity index (χ0v) is 12.8. The first-order chi connectivity index (χ1) is 11.6. The van der Waals surface area contributed by atoms with E-state index in [4.69, 9.17) is 16.7 Å². The molecule has 0 bridgehead atoms. The quantitative estimate of drug-likeness (QED) is 0.752. The normalized spacial score (nSPS) is 10.4. The molecular weight excluding hydrogens is 334 g/mol. The van der Waals surface area contributed by atoms with Gasteiger partial charge >= 0.3 is 5.97 Å². The van der Waals surface area contributed by atoms with Crippen molar-refractivity contribution >= 4 is 29.2 Å². The monoisotopic (exact) mass is 343 g/mol. The number of nitrogens with zero attached hydrogens (tertiary/aromatic N) is 4. The number of aromatic nitrogens is 4. The average Bonchev–Trinajstić information content (AvgIpc) is 3.09. The van der Waals surface area contributed by atoms with E-state index in [1.807, 2.05) is 0 Å². The lowest BCUT2D eigenvalue weighted by Crippen LogP contribution is -2.20. The Bertz CT molecular complexity index is 911. The summed E-state index contributed by atoms with van der Waals surface area (Å²) in [6.07, 6.45) is 7.30. The molecule has 0 spiro atoms. The molecule has 0 saturated heterocycles. The molecule has 0 aliphatic rings. The fraction of sp³-hybridized carbons (Fsp3) is 0. The van der Waals surface area contributed by atoms with E-state index >= 15 is 0 Å². The van der Waals surface area contributed by atoms with Gasteiger partial charge in [0.1, 0.15) is 0 Å². The zero-order chi connectivity index (χ0) is 17.1. The molecular formula is C15H10ClN5O3. The molecule has 8 nitrogen and oxygen atoms in total. The smallest absolute Gasteiger partial charge is 0.356 e. The highest BCUT2D eigenvalue weighted by Gasteiger charge is 2.20. The maximum Gasteiger partial charge on any atom is 0.356 e. The van der Waals surface area contributed by atoms with E-state index in [9.17, 15) is 9.59 Å². The van der Waals surface area contributed by atoms with Gasteiger partial charge in [-0.15, -0.1) is 0 Å². The van der Waals surface area contributed by atoms with E-state index in [2.05, 4.69) is 20.3 Å². The van der Waals surface area contributed by atoms with E-state index < -0.39 is 17.6 Å². The van der Waals surface area contributed by atoms with Crippen LogP contribution < -0.4 is 5.32 Å². The first-order valence-electron chi connectivity index (χ1n) is 6.70. The summed E-state index contributed by atoms with van der Waals surface area (Å²) in [5, 5.41) is 12.1. The van der Waals surface area contributed by atoms with Gasteiger partial charge in [0.15, 0.2) is 11.4 Å². The van der Waals surface area contributed by atoms with E-state index in [-0.39, 0.29) is 5.69 Å². The molecule has 3 rings (SSSR count). The fourth-order valence-electron chi connectivity index (χ4n) is 2.08. The SMILES string of the molecule is O=C(O)c1nccnc1C(=O)Nc1cc(Cl)ccc1-n1ccnc1. The molecule has 2 N–H and O–H groups in total. The summed E-state index contributed by atoms with van der Waals surface area (Å²) in [7, 11) is 0. The summed E-state index contributed by atoms with van der Waals surface area (Å²) < 4.78 is 1.68. The molecule has 0 aliphatic carbocycles. The van der Waals surface area contributed by atoms with Crippen LogP contribution in [-0.4, -0.2) is 36.5 Å². The standard InChI is InChI=1S/C15H10ClN5O3/c16-9-1-2-11(21-6-5-17-8-21)10(7-9)20-14(22)12-13(15(23)24)19-4-3-18-12/h1-8H,(H,20,22)(H,23,24). The van der Waals surface area contributed by atoms with Crippen LogP contribution in [-0.2, 0) is 0 Å². The second-order valence-corrected chi connectivity index (χ2v) is 5.08. The number of carboxylic acid groups (broad SMARTS) is 1. The first kappa shape index (κ1) is 15.6. The molecule has 0 unspecified atom stereocenters. The van der Waals surface area contributed by atoms with Gasteiger partial charge in [0, 0.05) is 29.8 Å². The lowest BCUT2D eigenvalue weighted by atomic mass is 10.2. The number of hydrogen-bond donors (Lipinski definition) is 2. The first-order valence-corrected chi connectivity index (χ1v) is 7.07. The second-order valence-electron chi connectivity index (χ2n) is 4.64. The Hall–Kier alpha value is -3.26. The predicted octanol–water partition coefficient (Wildman–Crippen LogP) is 2.27. The Morgan fingerprint density at radius 2 is 1.88 bits per heavy atom. The number of halogens is 1. The Labute approximate surface area is 140 Å². The Kier molecular flexibility index (Phi) is 4.21. The average molecular weight is 344 g/mol. The minimum atomic E-state index is -1.34. The van der Waals surface area contributed by atoms with Crippen LogP contribution in [0.3, 0.4) is 0 Å². The van der Waals surface area contributed by atoms with Crippen molar-refractivity contribution in [3.05, 3.63) is 65.7 Å². The maximum atomic E-state index is 12.4. The number of carboxylic acids is 1. The van der Waals surface area contributed by atoms with E-state index in [0.29, 0.717) is 16.4 Å². The zero-order valence-electron chi connectivity index (χ0n) is 12.0. The summed E-state index contributed by atoms with van der Waals surface area (Å²) in [6.45, 7) is 0. The van der Waals surface area contributed by atoms with Crippen LogP contribution in [0.5, 0.6) is 0 Å². The summed E-state index contributed by atoms with van der Waals surface area (Å²) in [6, 6.07) is 4.91. The topological polar surface area (TPSA) is 110 Å². The molecule has 120 valence electrons. The molecule has 2 heterocycles. The van der Waals surface area contributed by atoms with Crippen molar-refractivity contribution in [1.29, 1.82) is 0 Å². The molecule has 0 radical (unpaired) electrons. The number of anilines is 1. The highest BCUT2D eigenvalue weighted by molar-refractivity contribution is 6.31. The van der Waals surface area contributed by atoms with Crippen molar-refractivity contribution in [2.75, 3.05) is 5.32 Å². The van der Waals surface area contributed by atoms with Gasteiger partial charge in [-0.3, -0.25) is 4.79 Å². The van der Waals surface area contributed by atoms with Crippen molar-refractivity contribution < 1.29 is 14.7 Å². The molecule has 1 aromatic carbocycles. The summed E-state index contributed by atoms with van der Waals surface area (Å²) in [5.41, 5.74) is 0.279. The highest BCUT2D eigenvalue weighted by Crippen LogP contribution is 2.25.